The first-order chi connectivity index (χ1) is 8.02. The molecule has 0 bridgehead atoms. The van der Waals surface area contributed by atoms with Crippen molar-refractivity contribution in [3.05, 3.63) is 34.9 Å². The van der Waals surface area contributed by atoms with Crippen molar-refractivity contribution in [3.8, 4) is 0 Å². The molecule has 1 aromatic carbocycles. The van der Waals surface area contributed by atoms with Gasteiger partial charge in [0.05, 0.1) is 0 Å². The van der Waals surface area contributed by atoms with Crippen molar-refractivity contribution in [3.63, 3.8) is 0 Å². The molecule has 1 saturated carbocycles. The van der Waals surface area contributed by atoms with Gasteiger partial charge in [-0.2, -0.15) is 0 Å². The molecular weight excluding hydrogens is 232 g/mol. The lowest BCUT2D eigenvalue weighted by Crippen LogP contribution is -2.29. The SMILES string of the molecule is CC1(C)CCC(C=O)C(c2ccc(Cl)cc2)C1. The largest absolute Gasteiger partial charge is 0.303 e. The average molecular weight is 251 g/mol. The predicted molar refractivity (Wildman–Crippen MR) is 71.4 cm³/mol. The first kappa shape index (κ1) is 12.6. The Hall–Kier alpha value is -0.820. The maximum absolute atomic E-state index is 11.2. The summed E-state index contributed by atoms with van der Waals surface area (Å²) in [5.41, 5.74) is 1.59. The molecule has 1 nitrogen and oxygen atoms in total. The summed E-state index contributed by atoms with van der Waals surface area (Å²) in [5.74, 6) is 0.526. The van der Waals surface area contributed by atoms with Crippen LogP contribution in [-0.4, -0.2) is 6.29 Å². The van der Waals surface area contributed by atoms with Gasteiger partial charge in [-0.25, -0.2) is 0 Å². The number of carbonyl (C=O) groups excluding carboxylic acids is 1. The van der Waals surface area contributed by atoms with E-state index in [0.717, 1.165) is 30.6 Å². The fourth-order valence-electron chi connectivity index (χ4n) is 2.85. The highest BCUT2D eigenvalue weighted by molar-refractivity contribution is 6.30. The summed E-state index contributed by atoms with van der Waals surface area (Å²) >= 11 is 5.91. The fourth-order valence-corrected chi connectivity index (χ4v) is 2.97. The molecule has 17 heavy (non-hydrogen) atoms. The van der Waals surface area contributed by atoms with Crippen LogP contribution in [0.3, 0.4) is 0 Å². The van der Waals surface area contributed by atoms with Crippen molar-refractivity contribution in [2.45, 2.75) is 39.0 Å². The minimum absolute atomic E-state index is 0.171. The second-order valence-corrected chi connectivity index (χ2v) is 6.30. The number of carbonyl (C=O) groups is 1. The number of hydrogen-bond donors (Lipinski definition) is 0. The second kappa shape index (κ2) is 4.81. The minimum Gasteiger partial charge on any atom is -0.303 e. The molecule has 0 aromatic heterocycles. The van der Waals surface area contributed by atoms with Crippen LogP contribution in [0, 0.1) is 11.3 Å². The number of halogens is 1. The monoisotopic (exact) mass is 250 g/mol. The highest BCUT2D eigenvalue weighted by Gasteiger charge is 2.35. The van der Waals surface area contributed by atoms with E-state index in [0.29, 0.717) is 11.3 Å². The van der Waals surface area contributed by atoms with E-state index in [1.54, 1.807) is 0 Å². The molecular formula is C15H19ClO. The predicted octanol–water partition coefficient (Wildman–Crippen LogP) is 4.45. The van der Waals surface area contributed by atoms with Gasteiger partial charge in [0, 0.05) is 10.9 Å². The van der Waals surface area contributed by atoms with Gasteiger partial charge in [0.1, 0.15) is 6.29 Å². The number of aldehydes is 1. The third-order valence-corrected chi connectivity index (χ3v) is 4.17. The van der Waals surface area contributed by atoms with E-state index < -0.39 is 0 Å². The van der Waals surface area contributed by atoms with E-state index >= 15 is 0 Å². The van der Waals surface area contributed by atoms with Crippen LogP contribution < -0.4 is 0 Å². The van der Waals surface area contributed by atoms with Gasteiger partial charge < -0.3 is 4.79 Å². The van der Waals surface area contributed by atoms with E-state index in [-0.39, 0.29) is 5.92 Å². The van der Waals surface area contributed by atoms with Crippen molar-refractivity contribution in [2.75, 3.05) is 0 Å². The van der Waals surface area contributed by atoms with Gasteiger partial charge in [-0.15, -0.1) is 0 Å². The third-order valence-electron chi connectivity index (χ3n) is 3.92. The van der Waals surface area contributed by atoms with Gasteiger partial charge in [0.15, 0.2) is 0 Å². The Kier molecular flexibility index (Phi) is 3.58. The first-order valence-corrected chi connectivity index (χ1v) is 6.60. The molecule has 0 heterocycles. The van der Waals surface area contributed by atoms with Gasteiger partial charge in [0.2, 0.25) is 0 Å². The molecule has 2 atom stereocenters. The van der Waals surface area contributed by atoms with Gasteiger partial charge >= 0.3 is 0 Å². The summed E-state index contributed by atoms with van der Waals surface area (Å²) in [6.45, 7) is 4.58. The summed E-state index contributed by atoms with van der Waals surface area (Å²) < 4.78 is 0. The molecule has 2 rings (SSSR count). The van der Waals surface area contributed by atoms with Crippen LogP contribution in [0.1, 0.15) is 44.6 Å². The van der Waals surface area contributed by atoms with E-state index in [9.17, 15) is 4.79 Å². The molecule has 1 aliphatic carbocycles. The van der Waals surface area contributed by atoms with Crippen LogP contribution in [0.15, 0.2) is 24.3 Å². The standard InChI is InChI=1S/C15H19ClO/c1-15(2)8-7-12(10-17)14(9-15)11-3-5-13(16)6-4-11/h3-6,10,12,14H,7-9H2,1-2H3. The molecule has 0 saturated heterocycles. The van der Waals surface area contributed by atoms with Crippen molar-refractivity contribution >= 4 is 17.9 Å². The van der Waals surface area contributed by atoms with Crippen LogP contribution in [0.25, 0.3) is 0 Å². The van der Waals surface area contributed by atoms with Gasteiger partial charge in [-0.05, 0) is 48.3 Å². The van der Waals surface area contributed by atoms with Crippen LogP contribution in [0.5, 0.6) is 0 Å². The van der Waals surface area contributed by atoms with Gasteiger partial charge in [-0.1, -0.05) is 37.6 Å². The molecule has 2 unspecified atom stereocenters. The maximum atomic E-state index is 11.2. The van der Waals surface area contributed by atoms with Crippen molar-refractivity contribution in [1.29, 1.82) is 0 Å². The molecule has 0 spiro atoms. The molecule has 1 fully saturated rings. The van der Waals surface area contributed by atoms with Crippen molar-refractivity contribution in [2.24, 2.45) is 11.3 Å². The van der Waals surface area contributed by atoms with Crippen molar-refractivity contribution < 1.29 is 4.79 Å². The first-order valence-electron chi connectivity index (χ1n) is 6.22. The molecule has 0 aliphatic heterocycles. The van der Waals surface area contributed by atoms with Crippen LogP contribution in [0.2, 0.25) is 5.02 Å². The molecule has 1 aliphatic rings. The zero-order valence-electron chi connectivity index (χ0n) is 10.4. The normalized spacial score (nSPS) is 27.7. The Morgan fingerprint density at radius 1 is 1.29 bits per heavy atom. The van der Waals surface area contributed by atoms with Crippen molar-refractivity contribution in [1.82, 2.24) is 0 Å². The zero-order chi connectivity index (χ0) is 12.5. The lowest BCUT2D eigenvalue weighted by Gasteiger charge is -2.39. The fraction of sp³-hybridized carbons (Fsp3) is 0.533. The Morgan fingerprint density at radius 2 is 1.94 bits per heavy atom. The Labute approximate surface area is 108 Å². The Bertz CT molecular complexity index is 394. The maximum Gasteiger partial charge on any atom is 0.123 e. The number of rotatable bonds is 2. The lowest BCUT2D eigenvalue weighted by atomic mass is 9.65. The van der Waals surface area contributed by atoms with E-state index in [4.69, 9.17) is 11.6 Å². The van der Waals surface area contributed by atoms with Crippen LogP contribution in [-0.2, 0) is 4.79 Å². The van der Waals surface area contributed by atoms with Gasteiger partial charge in [-0.3, -0.25) is 0 Å². The Balaban J connectivity index is 2.26. The molecule has 1 aromatic rings. The zero-order valence-corrected chi connectivity index (χ0v) is 11.2. The molecule has 92 valence electrons. The third kappa shape index (κ3) is 2.90. The van der Waals surface area contributed by atoms with Crippen LogP contribution >= 0.6 is 11.6 Å². The van der Waals surface area contributed by atoms with E-state index in [1.807, 2.05) is 12.1 Å². The molecule has 2 heteroatoms. The topological polar surface area (TPSA) is 17.1 Å². The smallest absolute Gasteiger partial charge is 0.123 e. The quantitative estimate of drug-likeness (QED) is 0.709. The van der Waals surface area contributed by atoms with E-state index in [2.05, 4.69) is 26.0 Å². The van der Waals surface area contributed by atoms with Gasteiger partial charge in [0.25, 0.3) is 0 Å². The molecule has 0 N–H and O–H groups in total. The summed E-state index contributed by atoms with van der Waals surface area (Å²) in [6.07, 6.45) is 4.36. The highest BCUT2D eigenvalue weighted by atomic mass is 35.5. The van der Waals surface area contributed by atoms with E-state index in [1.165, 1.54) is 5.56 Å². The highest BCUT2D eigenvalue weighted by Crippen LogP contribution is 2.46. The average Bonchev–Trinajstić information content (AvgIpc) is 2.29. The minimum atomic E-state index is 0.171. The second-order valence-electron chi connectivity index (χ2n) is 5.86. The summed E-state index contributed by atoms with van der Waals surface area (Å²) in [5, 5.41) is 0.756. The summed E-state index contributed by atoms with van der Waals surface area (Å²) in [7, 11) is 0. The summed E-state index contributed by atoms with van der Waals surface area (Å²) in [4.78, 5) is 11.2. The lowest BCUT2D eigenvalue weighted by molar-refractivity contribution is -0.113. The summed E-state index contributed by atoms with van der Waals surface area (Å²) in [6, 6.07) is 7.95. The number of benzene rings is 1. The Morgan fingerprint density at radius 3 is 2.53 bits per heavy atom. The molecule has 0 radical (unpaired) electrons. The molecule has 0 amide bonds. The van der Waals surface area contributed by atoms with Crippen LogP contribution in [0.4, 0.5) is 0 Å². The number of hydrogen-bond acceptors (Lipinski definition) is 1.